The SMILES string of the molecule is CCC(C)CN(C)C(=O)C(=O)NCC(N)=S. The molecule has 0 aliphatic heterocycles. The van der Waals surface area contributed by atoms with Gasteiger partial charge in [-0.05, 0) is 5.92 Å². The molecule has 0 saturated carbocycles. The van der Waals surface area contributed by atoms with Crippen LogP contribution in [0.3, 0.4) is 0 Å². The number of nitrogens with two attached hydrogens (primary N) is 1. The molecule has 0 bridgehead atoms. The number of likely N-dealkylation sites (N-methyl/N-ethyl adjacent to an activating group) is 1. The van der Waals surface area contributed by atoms with Gasteiger partial charge in [0, 0.05) is 13.6 Å². The van der Waals surface area contributed by atoms with Crippen LogP contribution < -0.4 is 11.1 Å². The van der Waals surface area contributed by atoms with Crippen LogP contribution in [0.4, 0.5) is 0 Å². The smallest absolute Gasteiger partial charge is 0.311 e. The standard InChI is InChI=1S/C10H19N3O2S/c1-4-7(2)6-13(3)10(15)9(14)12-5-8(11)16/h7H,4-6H2,1-3H3,(H2,11,16)(H,12,14). The third-order valence-electron chi connectivity index (χ3n) is 2.25. The van der Waals surface area contributed by atoms with E-state index < -0.39 is 11.8 Å². The maximum absolute atomic E-state index is 11.5. The van der Waals surface area contributed by atoms with E-state index in [2.05, 4.69) is 17.5 Å². The highest BCUT2D eigenvalue weighted by atomic mass is 32.1. The van der Waals surface area contributed by atoms with Crippen LogP contribution in [0, 0.1) is 5.92 Å². The zero-order valence-corrected chi connectivity index (χ0v) is 10.8. The van der Waals surface area contributed by atoms with Crippen molar-refractivity contribution in [2.45, 2.75) is 20.3 Å². The van der Waals surface area contributed by atoms with Crippen molar-refractivity contribution in [2.75, 3.05) is 20.1 Å². The molecule has 16 heavy (non-hydrogen) atoms. The van der Waals surface area contributed by atoms with Gasteiger partial charge in [-0.15, -0.1) is 0 Å². The Labute approximate surface area is 101 Å². The molecule has 0 heterocycles. The first-order valence-electron chi connectivity index (χ1n) is 5.20. The molecule has 1 atom stereocenters. The van der Waals surface area contributed by atoms with E-state index in [4.69, 9.17) is 5.73 Å². The molecule has 0 radical (unpaired) electrons. The van der Waals surface area contributed by atoms with Crippen molar-refractivity contribution in [3.63, 3.8) is 0 Å². The van der Waals surface area contributed by atoms with Gasteiger partial charge in [0.2, 0.25) is 0 Å². The second-order valence-corrected chi connectivity index (χ2v) is 4.37. The maximum atomic E-state index is 11.5. The fourth-order valence-corrected chi connectivity index (χ4v) is 1.17. The number of rotatable bonds is 5. The minimum Gasteiger partial charge on any atom is -0.392 e. The van der Waals surface area contributed by atoms with E-state index >= 15 is 0 Å². The van der Waals surface area contributed by atoms with Crippen molar-refractivity contribution in [1.82, 2.24) is 10.2 Å². The average molecular weight is 245 g/mol. The summed E-state index contributed by atoms with van der Waals surface area (Å²) in [5.41, 5.74) is 5.21. The van der Waals surface area contributed by atoms with E-state index in [1.165, 1.54) is 4.90 Å². The summed E-state index contributed by atoms with van der Waals surface area (Å²) in [5.74, 6) is -0.854. The van der Waals surface area contributed by atoms with Gasteiger partial charge in [-0.3, -0.25) is 9.59 Å². The molecular weight excluding hydrogens is 226 g/mol. The number of nitrogens with zero attached hydrogens (tertiary/aromatic N) is 1. The van der Waals surface area contributed by atoms with Crippen molar-refractivity contribution >= 4 is 29.0 Å². The van der Waals surface area contributed by atoms with Crippen molar-refractivity contribution in [3.8, 4) is 0 Å². The predicted octanol–water partition coefficient (Wildman–Crippen LogP) is -0.107. The second kappa shape index (κ2) is 7.16. The molecule has 0 fully saturated rings. The molecule has 0 spiro atoms. The Bertz CT molecular complexity index is 281. The first-order chi connectivity index (χ1) is 7.38. The molecule has 0 aliphatic carbocycles. The largest absolute Gasteiger partial charge is 0.392 e. The van der Waals surface area contributed by atoms with Gasteiger partial charge in [0.05, 0.1) is 11.5 Å². The fraction of sp³-hybridized carbons (Fsp3) is 0.700. The Morgan fingerprint density at radius 1 is 1.50 bits per heavy atom. The lowest BCUT2D eigenvalue weighted by atomic mass is 10.1. The number of carbonyl (C=O) groups is 2. The van der Waals surface area contributed by atoms with Crippen molar-refractivity contribution in [2.24, 2.45) is 11.7 Å². The van der Waals surface area contributed by atoms with Gasteiger partial charge in [-0.2, -0.15) is 0 Å². The first-order valence-corrected chi connectivity index (χ1v) is 5.60. The van der Waals surface area contributed by atoms with Crippen molar-refractivity contribution in [1.29, 1.82) is 0 Å². The lowest BCUT2D eigenvalue weighted by molar-refractivity contribution is -0.145. The van der Waals surface area contributed by atoms with E-state index in [9.17, 15) is 9.59 Å². The van der Waals surface area contributed by atoms with Gasteiger partial charge in [-0.25, -0.2) is 0 Å². The second-order valence-electron chi connectivity index (χ2n) is 3.85. The van der Waals surface area contributed by atoms with Crippen LogP contribution in [0.15, 0.2) is 0 Å². The lowest BCUT2D eigenvalue weighted by Gasteiger charge is -2.20. The van der Waals surface area contributed by atoms with Crippen LogP contribution >= 0.6 is 12.2 Å². The fourth-order valence-electron chi connectivity index (χ4n) is 1.10. The number of nitrogens with one attached hydrogen (secondary N) is 1. The molecule has 5 nitrogen and oxygen atoms in total. The third-order valence-corrected chi connectivity index (χ3v) is 2.39. The number of amides is 2. The average Bonchev–Trinajstić information content (AvgIpc) is 2.24. The molecule has 0 rings (SSSR count). The van der Waals surface area contributed by atoms with Gasteiger partial charge in [0.25, 0.3) is 0 Å². The molecule has 0 aromatic rings. The number of carbonyl (C=O) groups excluding carboxylic acids is 2. The highest BCUT2D eigenvalue weighted by molar-refractivity contribution is 7.80. The quantitative estimate of drug-likeness (QED) is 0.523. The van der Waals surface area contributed by atoms with Gasteiger partial charge in [-0.1, -0.05) is 32.5 Å². The normalized spacial score (nSPS) is 11.7. The lowest BCUT2D eigenvalue weighted by Crippen LogP contribution is -2.44. The van der Waals surface area contributed by atoms with Gasteiger partial charge in [0.1, 0.15) is 0 Å². The summed E-state index contributed by atoms with van der Waals surface area (Å²) in [6.45, 7) is 4.68. The number of thiocarbonyl (C=S) groups is 1. The topological polar surface area (TPSA) is 75.4 Å². The van der Waals surface area contributed by atoms with Gasteiger partial charge in [0.15, 0.2) is 0 Å². The highest BCUT2D eigenvalue weighted by Crippen LogP contribution is 2.02. The van der Waals surface area contributed by atoms with Gasteiger partial charge >= 0.3 is 11.8 Å². The first kappa shape index (κ1) is 14.8. The van der Waals surface area contributed by atoms with Crippen LogP contribution in [0.2, 0.25) is 0 Å². The molecule has 1 unspecified atom stereocenters. The Hall–Kier alpha value is -1.17. The summed E-state index contributed by atoms with van der Waals surface area (Å²) >= 11 is 4.59. The molecule has 6 heteroatoms. The van der Waals surface area contributed by atoms with Crippen LogP contribution in [-0.4, -0.2) is 41.8 Å². The summed E-state index contributed by atoms with van der Waals surface area (Å²) in [6.07, 6.45) is 0.964. The molecule has 2 amide bonds. The van der Waals surface area contributed by atoms with Crippen molar-refractivity contribution < 1.29 is 9.59 Å². The molecule has 0 aromatic heterocycles. The molecule has 0 aromatic carbocycles. The van der Waals surface area contributed by atoms with Crippen LogP contribution in [-0.2, 0) is 9.59 Å². The zero-order chi connectivity index (χ0) is 12.7. The highest BCUT2D eigenvalue weighted by Gasteiger charge is 2.19. The molecule has 0 aliphatic rings. The molecule has 3 N–H and O–H groups in total. The molecule has 92 valence electrons. The van der Waals surface area contributed by atoms with Crippen molar-refractivity contribution in [3.05, 3.63) is 0 Å². The summed E-state index contributed by atoms with van der Waals surface area (Å²) in [7, 11) is 1.61. The minimum absolute atomic E-state index is 0.0527. The molecular formula is C10H19N3O2S. The van der Waals surface area contributed by atoms with E-state index in [-0.39, 0.29) is 11.5 Å². The summed E-state index contributed by atoms with van der Waals surface area (Å²) in [6, 6.07) is 0. The van der Waals surface area contributed by atoms with E-state index in [1.54, 1.807) is 7.05 Å². The van der Waals surface area contributed by atoms with E-state index in [0.29, 0.717) is 12.5 Å². The Morgan fingerprint density at radius 3 is 2.50 bits per heavy atom. The Balaban J connectivity index is 4.11. The van der Waals surface area contributed by atoms with Crippen LogP contribution in [0.1, 0.15) is 20.3 Å². The number of hydrogen-bond acceptors (Lipinski definition) is 3. The Morgan fingerprint density at radius 2 is 2.06 bits per heavy atom. The predicted molar refractivity (Wildman–Crippen MR) is 66.9 cm³/mol. The van der Waals surface area contributed by atoms with Gasteiger partial charge < -0.3 is 16.0 Å². The monoisotopic (exact) mass is 245 g/mol. The van der Waals surface area contributed by atoms with E-state index in [1.807, 2.05) is 13.8 Å². The summed E-state index contributed by atoms with van der Waals surface area (Å²) in [4.78, 5) is 24.4. The van der Waals surface area contributed by atoms with Crippen LogP contribution in [0.5, 0.6) is 0 Å². The summed E-state index contributed by atoms with van der Waals surface area (Å²) < 4.78 is 0. The maximum Gasteiger partial charge on any atom is 0.311 e. The third kappa shape index (κ3) is 5.65. The molecule has 0 saturated heterocycles. The number of hydrogen-bond donors (Lipinski definition) is 2. The zero-order valence-electron chi connectivity index (χ0n) is 9.95. The minimum atomic E-state index is -0.668. The van der Waals surface area contributed by atoms with E-state index in [0.717, 1.165) is 6.42 Å². The summed E-state index contributed by atoms with van der Waals surface area (Å²) in [5, 5.41) is 2.36. The van der Waals surface area contributed by atoms with Crippen LogP contribution in [0.25, 0.3) is 0 Å². The Kier molecular flexibility index (Phi) is 6.64.